The van der Waals surface area contributed by atoms with E-state index in [1.165, 1.54) is 36.0 Å². The molecule has 2 atom stereocenters. The second-order valence-corrected chi connectivity index (χ2v) is 7.91. The van der Waals surface area contributed by atoms with E-state index in [4.69, 9.17) is 10.7 Å². The van der Waals surface area contributed by atoms with Gasteiger partial charge in [0.25, 0.3) is 0 Å². The zero-order valence-electron chi connectivity index (χ0n) is 15.2. The van der Waals surface area contributed by atoms with E-state index in [1.54, 1.807) is 0 Å². The molecule has 0 radical (unpaired) electrons. The van der Waals surface area contributed by atoms with Crippen molar-refractivity contribution in [2.45, 2.75) is 57.5 Å². The van der Waals surface area contributed by atoms with E-state index in [1.807, 2.05) is 24.8 Å². The molecule has 1 heterocycles. The van der Waals surface area contributed by atoms with Gasteiger partial charge in [0.05, 0.1) is 5.69 Å². The summed E-state index contributed by atoms with van der Waals surface area (Å²) in [4.78, 5) is 9.33. The fourth-order valence-corrected chi connectivity index (χ4v) is 4.37. The van der Waals surface area contributed by atoms with Crippen LogP contribution in [0.3, 0.4) is 0 Å². The number of hydrogen-bond donors (Lipinski definition) is 1. The van der Waals surface area contributed by atoms with Crippen molar-refractivity contribution in [1.82, 2.24) is 0 Å². The van der Waals surface area contributed by atoms with Crippen molar-refractivity contribution >= 4 is 29.9 Å². The molecule has 0 bridgehead atoms. The quantitative estimate of drug-likeness (QED) is 0.773. The zero-order valence-corrected chi connectivity index (χ0v) is 16.1. The molecule has 0 spiro atoms. The van der Waals surface area contributed by atoms with Gasteiger partial charge >= 0.3 is 0 Å². The Labute approximate surface area is 150 Å². The van der Waals surface area contributed by atoms with Crippen molar-refractivity contribution in [2.24, 2.45) is 15.7 Å². The first-order valence-corrected chi connectivity index (χ1v) is 9.64. The number of aliphatic imine (C=N–C) groups is 2. The third-order valence-electron chi connectivity index (χ3n) is 4.28. The van der Waals surface area contributed by atoms with Crippen LogP contribution < -0.4 is 5.73 Å². The van der Waals surface area contributed by atoms with Gasteiger partial charge in [-0.25, -0.2) is 0 Å². The predicted octanol–water partition coefficient (Wildman–Crippen LogP) is 4.90. The summed E-state index contributed by atoms with van der Waals surface area (Å²) in [7, 11) is 0. The smallest absolute Gasteiger partial charge is 0.0684 e. The molecule has 2 N–H and O–H groups in total. The van der Waals surface area contributed by atoms with Gasteiger partial charge in [0.1, 0.15) is 0 Å². The van der Waals surface area contributed by atoms with E-state index in [0.717, 1.165) is 11.4 Å². The minimum atomic E-state index is 0.455. The number of thioether (sulfide) groups is 1. The largest absolute Gasteiger partial charge is 0.325 e. The van der Waals surface area contributed by atoms with Gasteiger partial charge in [-0.2, -0.15) is 0 Å². The van der Waals surface area contributed by atoms with Crippen LogP contribution in [0.4, 0.5) is 5.69 Å². The minimum absolute atomic E-state index is 0.455. The Hall–Kier alpha value is -1.39. The van der Waals surface area contributed by atoms with E-state index in [-0.39, 0.29) is 0 Å². The third-order valence-corrected chi connectivity index (χ3v) is 5.70. The van der Waals surface area contributed by atoms with Crippen LogP contribution in [-0.4, -0.2) is 29.5 Å². The molecule has 2 rings (SSSR count). The maximum atomic E-state index is 5.67. The van der Waals surface area contributed by atoms with Crippen molar-refractivity contribution in [3.8, 4) is 0 Å². The first-order valence-electron chi connectivity index (χ1n) is 8.70. The van der Waals surface area contributed by atoms with Crippen molar-refractivity contribution in [3.63, 3.8) is 0 Å². The van der Waals surface area contributed by atoms with E-state index in [0.29, 0.717) is 17.0 Å². The van der Waals surface area contributed by atoms with Crippen molar-refractivity contribution in [3.05, 3.63) is 40.6 Å². The predicted molar refractivity (Wildman–Crippen MR) is 109 cm³/mol. The highest BCUT2D eigenvalue weighted by Gasteiger charge is 2.20. The number of nitrogens with zero attached hydrogens (tertiary/aromatic N) is 2. The van der Waals surface area contributed by atoms with Crippen LogP contribution in [-0.2, 0) is 0 Å². The maximum Gasteiger partial charge on any atom is 0.0684 e. The van der Waals surface area contributed by atoms with Crippen LogP contribution in [0.25, 0.3) is 0 Å². The molecule has 130 valence electrons. The van der Waals surface area contributed by atoms with E-state index < -0.39 is 0 Å². The van der Waals surface area contributed by atoms with Crippen LogP contribution in [0, 0.1) is 20.8 Å². The first kappa shape index (κ1) is 18.9. The van der Waals surface area contributed by atoms with Gasteiger partial charge in [0.15, 0.2) is 0 Å². The van der Waals surface area contributed by atoms with Gasteiger partial charge in [-0.15, -0.1) is 11.8 Å². The lowest BCUT2D eigenvalue weighted by molar-refractivity contribution is 0.710. The zero-order chi connectivity index (χ0) is 17.5. The summed E-state index contributed by atoms with van der Waals surface area (Å²) in [5.74, 6) is 0. The minimum Gasteiger partial charge on any atom is -0.325 e. The van der Waals surface area contributed by atoms with E-state index in [9.17, 15) is 0 Å². The lowest BCUT2D eigenvalue weighted by Gasteiger charge is -2.23. The highest BCUT2D eigenvalue weighted by Crippen LogP contribution is 2.31. The number of hydrogen-bond acceptors (Lipinski definition) is 4. The molecule has 24 heavy (non-hydrogen) atoms. The Bertz CT molecular complexity index is 623. The molecule has 0 aromatic heterocycles. The SMILES string of the molecule is C/C=C(/CN)N=CC1CCCC(C=Nc2c(C)cc(C)cc2C)S1. The molecule has 4 heteroatoms. The summed E-state index contributed by atoms with van der Waals surface area (Å²) < 4.78 is 0. The molecule has 3 nitrogen and oxygen atoms in total. The maximum absolute atomic E-state index is 5.67. The van der Waals surface area contributed by atoms with Gasteiger partial charge in [-0.05, 0) is 51.7 Å². The van der Waals surface area contributed by atoms with Gasteiger partial charge in [-0.3, -0.25) is 9.98 Å². The summed E-state index contributed by atoms with van der Waals surface area (Å²) in [6.07, 6.45) is 9.77. The fraction of sp³-hybridized carbons (Fsp3) is 0.500. The van der Waals surface area contributed by atoms with Crippen LogP contribution in [0.15, 0.2) is 33.9 Å². The molecule has 1 saturated heterocycles. The topological polar surface area (TPSA) is 50.7 Å². The number of nitrogens with two attached hydrogens (primary N) is 1. The molecular weight excluding hydrogens is 314 g/mol. The Kier molecular flexibility index (Phi) is 7.25. The van der Waals surface area contributed by atoms with Crippen molar-refractivity contribution < 1.29 is 0 Å². The summed E-state index contributed by atoms with van der Waals surface area (Å²) in [6, 6.07) is 4.41. The molecule has 1 aromatic carbocycles. The van der Waals surface area contributed by atoms with Crippen LogP contribution >= 0.6 is 11.8 Å². The normalized spacial score (nSPS) is 22.6. The number of benzene rings is 1. The van der Waals surface area contributed by atoms with Gasteiger partial charge < -0.3 is 5.73 Å². The first-order chi connectivity index (χ1) is 11.5. The van der Waals surface area contributed by atoms with Gasteiger partial charge in [-0.1, -0.05) is 30.2 Å². The monoisotopic (exact) mass is 343 g/mol. The molecule has 0 aliphatic carbocycles. The van der Waals surface area contributed by atoms with Gasteiger partial charge in [0, 0.05) is 35.2 Å². The van der Waals surface area contributed by atoms with Crippen molar-refractivity contribution in [2.75, 3.05) is 6.54 Å². The van der Waals surface area contributed by atoms with Crippen LogP contribution in [0.1, 0.15) is 42.9 Å². The lowest BCUT2D eigenvalue weighted by atomic mass is 10.1. The molecule has 1 aromatic rings. The van der Waals surface area contributed by atoms with E-state index in [2.05, 4.69) is 50.3 Å². The average Bonchev–Trinajstić information content (AvgIpc) is 2.55. The van der Waals surface area contributed by atoms with Gasteiger partial charge in [0.2, 0.25) is 0 Å². The summed E-state index contributed by atoms with van der Waals surface area (Å²) >= 11 is 1.96. The average molecular weight is 344 g/mol. The molecule has 1 aliphatic heterocycles. The molecule has 2 unspecified atom stereocenters. The standard InChI is InChI=1S/C20H29N3S/c1-5-17(11-21)22-12-18-7-6-8-19(24-18)13-23-20-15(3)9-14(2)10-16(20)4/h5,9-10,12-13,18-19H,6-8,11,21H2,1-4H3/b17-5-,22-12?,23-13?. The lowest BCUT2D eigenvalue weighted by Crippen LogP contribution is -2.20. The highest BCUT2D eigenvalue weighted by molar-refractivity contribution is 8.01. The molecular formula is C20H29N3S. The Morgan fingerprint density at radius 1 is 1.17 bits per heavy atom. The highest BCUT2D eigenvalue weighted by atomic mass is 32.2. The molecule has 1 aliphatic rings. The fourth-order valence-electron chi connectivity index (χ4n) is 3.06. The number of rotatable bonds is 5. The van der Waals surface area contributed by atoms with Crippen LogP contribution in [0.5, 0.6) is 0 Å². The summed E-state index contributed by atoms with van der Waals surface area (Å²) in [5, 5.41) is 0.916. The molecule has 0 saturated carbocycles. The number of allylic oxidation sites excluding steroid dienone is 1. The van der Waals surface area contributed by atoms with E-state index >= 15 is 0 Å². The van der Waals surface area contributed by atoms with Crippen LogP contribution in [0.2, 0.25) is 0 Å². The number of aryl methyl sites for hydroxylation is 3. The Morgan fingerprint density at radius 2 is 1.79 bits per heavy atom. The Balaban J connectivity index is 2.03. The Morgan fingerprint density at radius 3 is 2.38 bits per heavy atom. The van der Waals surface area contributed by atoms with Crippen molar-refractivity contribution in [1.29, 1.82) is 0 Å². The molecule has 0 amide bonds. The summed E-state index contributed by atoms with van der Waals surface area (Å²) in [5.41, 5.74) is 11.5. The summed E-state index contributed by atoms with van der Waals surface area (Å²) in [6.45, 7) is 8.90. The second kappa shape index (κ2) is 9.19. The third kappa shape index (κ3) is 5.32. The molecule has 1 fully saturated rings. The second-order valence-electron chi connectivity index (χ2n) is 6.43.